The molecule has 10 nitrogen and oxygen atoms in total. The number of hydrogen-bond donors (Lipinski definition) is 4. The molecule has 13 heteroatoms. The summed E-state index contributed by atoms with van der Waals surface area (Å²) in [5, 5.41) is 7.52. The SMILES string of the molecule is CC(C)(C)C(NC(=O)C(F)(F)F)C(=O)N1C[C@H]2[C@@H]([C@H]1C(=O)NC(CC1C(=C=O)Nc3ccccc31)C(N)=C=O)C2(C)C. The van der Waals surface area contributed by atoms with E-state index in [1.54, 1.807) is 30.2 Å². The quantitative estimate of drug-likeness (QED) is 0.356. The highest BCUT2D eigenvalue weighted by Crippen LogP contribution is 2.65. The van der Waals surface area contributed by atoms with Crippen LogP contribution >= 0.6 is 0 Å². The number of nitrogens with two attached hydrogens (primary N) is 1. The molecule has 0 bridgehead atoms. The third-order valence-electron chi connectivity index (χ3n) is 8.75. The molecule has 2 heterocycles. The first kappa shape index (κ1) is 30.9. The van der Waals surface area contributed by atoms with E-state index < -0.39 is 53.4 Å². The Balaban J connectivity index is 1.62. The van der Waals surface area contributed by atoms with Crippen molar-refractivity contribution in [2.75, 3.05) is 11.9 Å². The summed E-state index contributed by atoms with van der Waals surface area (Å²) < 4.78 is 39.3. The molecule has 3 amide bonds. The van der Waals surface area contributed by atoms with Crippen molar-refractivity contribution >= 4 is 35.3 Å². The van der Waals surface area contributed by atoms with Crippen molar-refractivity contribution in [3.8, 4) is 0 Å². The van der Waals surface area contributed by atoms with E-state index in [1.165, 1.54) is 25.7 Å². The topological polar surface area (TPSA) is 151 Å². The van der Waals surface area contributed by atoms with Crippen molar-refractivity contribution in [2.45, 2.75) is 71.3 Å². The van der Waals surface area contributed by atoms with Crippen LogP contribution in [0.25, 0.3) is 0 Å². The minimum Gasteiger partial charge on any atom is -0.391 e. The average molecular weight is 590 g/mol. The largest absolute Gasteiger partial charge is 0.471 e. The van der Waals surface area contributed by atoms with Crippen LogP contribution in [0, 0.1) is 22.7 Å². The van der Waals surface area contributed by atoms with Crippen molar-refractivity contribution in [3.05, 3.63) is 41.2 Å². The zero-order chi connectivity index (χ0) is 31.4. The number of hydrogen-bond acceptors (Lipinski definition) is 7. The van der Waals surface area contributed by atoms with E-state index >= 15 is 0 Å². The van der Waals surface area contributed by atoms with Gasteiger partial charge in [0.2, 0.25) is 11.8 Å². The van der Waals surface area contributed by atoms with Gasteiger partial charge in [0.15, 0.2) is 0 Å². The van der Waals surface area contributed by atoms with Crippen LogP contribution < -0.4 is 21.7 Å². The third-order valence-corrected chi connectivity index (χ3v) is 8.75. The number of carbonyl (C=O) groups is 3. The molecule has 1 aromatic carbocycles. The van der Waals surface area contributed by atoms with Gasteiger partial charge >= 0.3 is 12.1 Å². The van der Waals surface area contributed by atoms with Crippen LogP contribution in [0.5, 0.6) is 0 Å². The molecule has 0 aromatic heterocycles. The average Bonchev–Trinajstić information content (AvgIpc) is 3.23. The zero-order valence-corrected chi connectivity index (χ0v) is 23.9. The van der Waals surface area contributed by atoms with Gasteiger partial charge in [-0.3, -0.25) is 14.4 Å². The van der Waals surface area contributed by atoms with E-state index in [2.05, 4.69) is 10.6 Å². The lowest BCUT2D eigenvalue weighted by atomic mass is 9.85. The number of benzene rings is 1. The number of para-hydroxylation sites is 1. The van der Waals surface area contributed by atoms with Gasteiger partial charge in [-0.05, 0) is 40.7 Å². The van der Waals surface area contributed by atoms with Crippen LogP contribution in [0.4, 0.5) is 18.9 Å². The van der Waals surface area contributed by atoms with Gasteiger partial charge in [0.1, 0.15) is 35.4 Å². The predicted octanol–water partition coefficient (Wildman–Crippen LogP) is 2.04. The molecule has 5 N–H and O–H groups in total. The Kier molecular flexibility index (Phi) is 7.82. The summed E-state index contributed by atoms with van der Waals surface area (Å²) >= 11 is 0. The Hall–Kier alpha value is -4.08. The van der Waals surface area contributed by atoms with Crippen LogP contribution in [-0.2, 0) is 24.0 Å². The fourth-order valence-electron chi connectivity index (χ4n) is 6.31. The number of amides is 3. The van der Waals surface area contributed by atoms with E-state index in [4.69, 9.17) is 5.73 Å². The van der Waals surface area contributed by atoms with E-state index in [1.807, 2.05) is 25.1 Å². The van der Waals surface area contributed by atoms with Gasteiger partial charge in [0.25, 0.3) is 0 Å². The van der Waals surface area contributed by atoms with Gasteiger partial charge in [-0.1, -0.05) is 52.8 Å². The smallest absolute Gasteiger partial charge is 0.391 e. The summed E-state index contributed by atoms with van der Waals surface area (Å²) in [6, 6.07) is 3.35. The number of halogens is 3. The summed E-state index contributed by atoms with van der Waals surface area (Å²) in [6.45, 7) is 8.50. The molecule has 42 heavy (non-hydrogen) atoms. The summed E-state index contributed by atoms with van der Waals surface area (Å²) in [4.78, 5) is 63.9. The lowest BCUT2D eigenvalue weighted by molar-refractivity contribution is -0.176. The van der Waals surface area contributed by atoms with Crippen LogP contribution in [0.1, 0.15) is 52.5 Å². The number of nitrogens with one attached hydrogen (secondary N) is 3. The van der Waals surface area contributed by atoms with Gasteiger partial charge in [-0.2, -0.15) is 13.2 Å². The van der Waals surface area contributed by atoms with Crippen LogP contribution in [0.2, 0.25) is 0 Å². The van der Waals surface area contributed by atoms with Gasteiger partial charge in [0.05, 0.1) is 6.04 Å². The lowest BCUT2D eigenvalue weighted by Gasteiger charge is -2.38. The number of alkyl halides is 3. The second kappa shape index (κ2) is 10.6. The monoisotopic (exact) mass is 589 g/mol. The van der Waals surface area contributed by atoms with E-state index in [9.17, 15) is 37.1 Å². The standard InChI is InChI=1S/C29H34F3N5O5/c1-27(2,3)23(36-26(42)29(30,31)32)25(41)37-11-16-21(28(16,4)5)22(37)24(40)35-19(17(33)12-38)10-15-14-8-6-7-9-18(14)34-20(15)13-39/h6-9,15-16,19,21-23,34H,10-11,33H2,1-5H3,(H,35,40)(H,36,42)/t15?,16-,19?,21-,22-,23?/m0/s1. The highest BCUT2D eigenvalue weighted by Gasteiger charge is 2.70. The number of allylic oxidation sites excluding steroid dienone is 1. The molecule has 1 aromatic rings. The number of anilines is 1. The van der Waals surface area contributed by atoms with Crippen molar-refractivity contribution in [1.82, 2.24) is 15.5 Å². The van der Waals surface area contributed by atoms with E-state index in [-0.39, 0.29) is 41.6 Å². The molecule has 3 unspecified atom stereocenters. The van der Waals surface area contributed by atoms with Crippen LogP contribution in [0.15, 0.2) is 35.7 Å². The second-order valence-corrected chi connectivity index (χ2v) is 12.8. The van der Waals surface area contributed by atoms with Crippen molar-refractivity contribution < 1.29 is 37.1 Å². The summed E-state index contributed by atoms with van der Waals surface area (Å²) in [5.74, 6) is -1.27. The highest BCUT2D eigenvalue weighted by atomic mass is 19.4. The fraction of sp³-hybridized carbons (Fsp3) is 0.552. The lowest BCUT2D eigenvalue weighted by Crippen LogP contribution is -2.61. The molecule has 6 atom stereocenters. The minimum atomic E-state index is -5.20. The zero-order valence-electron chi connectivity index (χ0n) is 23.9. The van der Waals surface area contributed by atoms with Gasteiger partial charge < -0.3 is 26.6 Å². The Morgan fingerprint density at radius 1 is 1.14 bits per heavy atom. The Morgan fingerprint density at radius 3 is 2.36 bits per heavy atom. The number of fused-ring (bicyclic) bond motifs is 2. The molecule has 4 rings (SSSR count). The number of piperidine rings is 1. The molecule has 0 radical (unpaired) electrons. The second-order valence-electron chi connectivity index (χ2n) is 12.8. The summed E-state index contributed by atoms with van der Waals surface area (Å²) in [6.07, 6.45) is -5.20. The number of rotatable bonds is 7. The Bertz CT molecular complexity index is 1400. The highest BCUT2D eigenvalue weighted by molar-refractivity contribution is 5.95. The van der Waals surface area contributed by atoms with Gasteiger partial charge in [-0.25, -0.2) is 9.59 Å². The maximum Gasteiger partial charge on any atom is 0.471 e. The molecular weight excluding hydrogens is 555 g/mol. The molecule has 3 aliphatic rings. The number of likely N-dealkylation sites (tertiary alicyclic amines) is 1. The Labute approximate surface area is 240 Å². The normalized spacial score (nSPS) is 25.1. The minimum absolute atomic E-state index is 0.00576. The van der Waals surface area contributed by atoms with Gasteiger partial charge in [-0.15, -0.1) is 0 Å². The van der Waals surface area contributed by atoms with E-state index in [0.29, 0.717) is 5.69 Å². The number of nitrogens with zero attached hydrogens (tertiary/aromatic N) is 1. The molecule has 1 aliphatic carbocycles. The molecule has 2 aliphatic heterocycles. The van der Waals surface area contributed by atoms with Crippen LogP contribution in [0.3, 0.4) is 0 Å². The first-order valence-electron chi connectivity index (χ1n) is 13.5. The van der Waals surface area contributed by atoms with Crippen molar-refractivity contribution in [2.24, 2.45) is 28.4 Å². The van der Waals surface area contributed by atoms with Crippen LogP contribution in [-0.4, -0.2) is 65.4 Å². The molecule has 0 spiro atoms. The van der Waals surface area contributed by atoms with Gasteiger partial charge in [0, 0.05) is 18.2 Å². The third kappa shape index (κ3) is 5.54. The first-order chi connectivity index (χ1) is 19.4. The van der Waals surface area contributed by atoms with Crippen molar-refractivity contribution in [3.63, 3.8) is 0 Å². The first-order valence-corrected chi connectivity index (χ1v) is 13.5. The maximum absolute atomic E-state index is 13.9. The maximum atomic E-state index is 13.9. The summed E-state index contributed by atoms with van der Waals surface area (Å²) in [5.41, 5.74) is 5.78. The molecule has 226 valence electrons. The molecule has 1 saturated heterocycles. The number of carbonyl (C=O) groups excluding carboxylic acids is 5. The molecule has 2 fully saturated rings. The van der Waals surface area contributed by atoms with Crippen molar-refractivity contribution in [1.29, 1.82) is 0 Å². The fourth-order valence-corrected chi connectivity index (χ4v) is 6.31. The Morgan fingerprint density at radius 2 is 1.79 bits per heavy atom. The predicted molar refractivity (Wildman–Crippen MR) is 146 cm³/mol. The molecular formula is C29H34F3N5O5. The summed E-state index contributed by atoms with van der Waals surface area (Å²) in [7, 11) is 0. The molecule has 1 saturated carbocycles. The van der Waals surface area contributed by atoms with E-state index in [0.717, 1.165) is 5.56 Å².